The first-order chi connectivity index (χ1) is 11.5. The Balaban J connectivity index is 0. The maximum Gasteiger partial charge on any atom is 0.261 e. The van der Waals surface area contributed by atoms with Crippen LogP contribution in [-0.2, 0) is 10.0 Å². The number of hydrogen-bond donors (Lipinski definition) is 2. The zero-order valence-corrected chi connectivity index (χ0v) is 13.6. The van der Waals surface area contributed by atoms with E-state index in [0.29, 0.717) is 18.6 Å². The first-order valence-electron chi connectivity index (χ1n) is 6.09. The molecular formula is C14H17F5N2O2S. The van der Waals surface area contributed by atoms with E-state index in [2.05, 4.69) is 4.72 Å². The van der Waals surface area contributed by atoms with E-state index in [1.807, 2.05) is 6.92 Å². The van der Waals surface area contributed by atoms with Crippen LogP contribution in [-0.4, -0.2) is 15.6 Å². The molecule has 0 saturated heterocycles. The second-order valence-corrected chi connectivity index (χ2v) is 5.67. The largest absolute Gasteiger partial charge is 0.398 e. The maximum atomic E-state index is 12.0. The third-order valence-corrected chi connectivity index (χ3v) is 3.98. The van der Waals surface area contributed by atoms with E-state index in [1.165, 1.54) is 0 Å². The number of nitrogen functional groups attached to an aromatic ring is 1. The molecule has 0 bridgehead atoms. The molecule has 2 aromatic carbocycles. The molecule has 0 aliphatic heterocycles. The van der Waals surface area contributed by atoms with E-state index < -0.39 is 10.0 Å². The van der Waals surface area contributed by atoms with Gasteiger partial charge in [-0.3, -0.25) is 9.11 Å². The van der Waals surface area contributed by atoms with Crippen molar-refractivity contribution in [2.75, 3.05) is 17.6 Å². The number of halogens is 5. The highest BCUT2D eigenvalue weighted by atomic mass is 32.2. The molecular weight excluding hydrogens is 355 g/mol. The Bertz CT molecular complexity index is 670. The molecule has 3 N–H and O–H groups in total. The Morgan fingerprint density at radius 3 is 1.88 bits per heavy atom. The van der Waals surface area contributed by atoms with Crippen LogP contribution in [0.4, 0.5) is 34.1 Å². The number of anilines is 2. The first kappa shape index (κ1) is 23.9. The summed E-state index contributed by atoms with van der Waals surface area (Å²) in [6.45, 7) is 1.87. The molecule has 0 saturated carbocycles. The van der Waals surface area contributed by atoms with Crippen molar-refractivity contribution in [3.8, 4) is 0 Å². The average Bonchev–Trinajstić information content (AvgIpc) is 2.64. The summed E-state index contributed by atoms with van der Waals surface area (Å²) in [6.07, 6.45) is 0. The summed E-state index contributed by atoms with van der Waals surface area (Å²) < 4.78 is 68.1. The lowest BCUT2D eigenvalue weighted by molar-refractivity contribution is 0.108. The third-order valence-electron chi connectivity index (χ3n) is 2.58. The summed E-state index contributed by atoms with van der Waals surface area (Å²) >= 11 is 0. The van der Waals surface area contributed by atoms with Crippen molar-refractivity contribution in [1.82, 2.24) is 0 Å². The predicted octanol–water partition coefficient (Wildman–Crippen LogP) is 4.64. The van der Waals surface area contributed by atoms with Crippen LogP contribution in [0.3, 0.4) is 0 Å². The molecule has 0 radical (unpaired) electrons. The highest BCUT2D eigenvalue weighted by Gasteiger charge is 2.13. The van der Waals surface area contributed by atoms with Crippen LogP contribution in [0.2, 0.25) is 0 Å². The van der Waals surface area contributed by atoms with Gasteiger partial charge in [-0.1, -0.05) is 24.3 Å². The molecule has 0 amide bonds. The molecule has 24 heavy (non-hydrogen) atoms. The third kappa shape index (κ3) is 7.77. The molecule has 0 spiro atoms. The van der Waals surface area contributed by atoms with Crippen LogP contribution in [0, 0.1) is 6.92 Å². The van der Waals surface area contributed by atoms with Gasteiger partial charge < -0.3 is 5.73 Å². The van der Waals surface area contributed by atoms with Gasteiger partial charge in [-0.2, -0.15) is 0 Å². The van der Waals surface area contributed by atoms with Crippen molar-refractivity contribution < 1.29 is 31.1 Å². The van der Waals surface area contributed by atoms with Gasteiger partial charge in [0.1, 0.15) is 0 Å². The minimum Gasteiger partial charge on any atom is -0.398 e. The number of benzene rings is 2. The molecule has 0 unspecified atom stereocenters. The van der Waals surface area contributed by atoms with Crippen molar-refractivity contribution in [2.45, 2.75) is 11.8 Å². The smallest absolute Gasteiger partial charge is 0.261 e. The molecule has 0 aromatic heterocycles. The predicted molar refractivity (Wildman–Crippen MR) is 84.3 cm³/mol. The second-order valence-electron chi connectivity index (χ2n) is 3.99. The van der Waals surface area contributed by atoms with Crippen LogP contribution in [0.15, 0.2) is 53.4 Å². The number of nitrogens with two attached hydrogens (primary N) is 1. The van der Waals surface area contributed by atoms with E-state index >= 15 is 0 Å². The Kier molecular flexibility index (Phi) is 13.1. The zero-order chi connectivity index (χ0) is 19.2. The number of aryl methyl sites for hydroxylation is 1. The summed E-state index contributed by atoms with van der Waals surface area (Å²) in [4.78, 5) is 0.226. The molecule has 0 fully saturated rings. The number of sulfonamides is 1. The van der Waals surface area contributed by atoms with Crippen LogP contribution in [0.5, 0.6) is 0 Å². The molecule has 2 rings (SSSR count). The van der Waals surface area contributed by atoms with E-state index in [-0.39, 0.29) is 4.90 Å². The topological polar surface area (TPSA) is 72.2 Å². The fourth-order valence-corrected chi connectivity index (χ4v) is 2.59. The molecule has 4 nitrogen and oxygen atoms in total. The van der Waals surface area contributed by atoms with Gasteiger partial charge in [0.2, 0.25) is 0 Å². The standard InChI is InChI=1S/C13H14N2O2S.CH3F.2F2/c1-10-7-8-11(9-13(10)14)15-18(16,17)12-5-3-2-4-6-12;3*1-2/h2-9,15H,14H2,1H3;1H3;;. The Morgan fingerprint density at radius 1 is 0.917 bits per heavy atom. The number of hydrogen-bond acceptors (Lipinski definition) is 3. The summed E-state index contributed by atoms with van der Waals surface area (Å²) in [5, 5.41) is 0. The number of rotatable bonds is 3. The lowest BCUT2D eigenvalue weighted by atomic mass is 10.2. The van der Waals surface area contributed by atoms with E-state index in [1.54, 1.807) is 48.5 Å². The van der Waals surface area contributed by atoms with E-state index in [9.17, 15) is 12.8 Å². The molecule has 0 atom stereocenters. The fourth-order valence-electron chi connectivity index (χ4n) is 1.52. The van der Waals surface area contributed by atoms with Crippen LogP contribution in [0.1, 0.15) is 5.56 Å². The molecule has 0 aliphatic rings. The van der Waals surface area contributed by atoms with Gasteiger partial charge in [0, 0.05) is 24.0 Å². The molecule has 0 heterocycles. The van der Waals surface area contributed by atoms with E-state index in [4.69, 9.17) is 24.0 Å². The summed E-state index contributed by atoms with van der Waals surface area (Å²) in [7, 11) is -3.05. The Hall–Kier alpha value is -2.36. The summed E-state index contributed by atoms with van der Waals surface area (Å²) in [6, 6.07) is 13.3. The quantitative estimate of drug-likeness (QED) is 0.609. The molecule has 2 aromatic rings. The van der Waals surface area contributed by atoms with Crippen LogP contribution in [0.25, 0.3) is 0 Å². The number of nitrogens with one attached hydrogen (secondary N) is 1. The monoisotopic (exact) mass is 372 g/mol. The zero-order valence-electron chi connectivity index (χ0n) is 12.8. The van der Waals surface area contributed by atoms with Crippen molar-refractivity contribution in [1.29, 1.82) is 0 Å². The molecule has 10 heteroatoms. The highest BCUT2D eigenvalue weighted by molar-refractivity contribution is 7.92. The maximum absolute atomic E-state index is 12.0. The van der Waals surface area contributed by atoms with Gasteiger partial charge in [-0.25, -0.2) is 8.42 Å². The second kappa shape index (κ2) is 13.1. The van der Waals surface area contributed by atoms with E-state index in [0.717, 1.165) is 5.56 Å². The van der Waals surface area contributed by atoms with Gasteiger partial charge in [0.05, 0.1) is 17.8 Å². The number of alkyl halides is 1. The highest BCUT2D eigenvalue weighted by Crippen LogP contribution is 2.20. The van der Waals surface area contributed by atoms with Gasteiger partial charge >= 0.3 is 0 Å². The minimum atomic E-state index is -3.55. The van der Waals surface area contributed by atoms with Crippen molar-refractivity contribution in [2.24, 2.45) is 0 Å². The first-order valence-corrected chi connectivity index (χ1v) is 7.58. The van der Waals surface area contributed by atoms with Gasteiger partial charge in [-0.05, 0) is 36.8 Å². The van der Waals surface area contributed by atoms with Crippen molar-refractivity contribution in [3.63, 3.8) is 0 Å². The lowest BCUT2D eigenvalue weighted by Crippen LogP contribution is -2.13. The van der Waals surface area contributed by atoms with Gasteiger partial charge in [0.25, 0.3) is 10.0 Å². The molecule has 0 aliphatic carbocycles. The molecule has 136 valence electrons. The fraction of sp³-hybridized carbons (Fsp3) is 0.143. The van der Waals surface area contributed by atoms with Crippen molar-refractivity contribution >= 4 is 21.4 Å². The van der Waals surface area contributed by atoms with Crippen LogP contribution < -0.4 is 10.5 Å². The normalized spacial score (nSPS) is 9.12. The Morgan fingerprint density at radius 2 is 1.42 bits per heavy atom. The SMILES string of the molecule is CF.Cc1ccc(NS(=O)(=O)c2ccccc2)cc1N.FF.FF. The Labute approximate surface area is 136 Å². The van der Waals surface area contributed by atoms with Crippen LogP contribution >= 0.6 is 0 Å². The minimum absolute atomic E-state index is 0.226. The lowest BCUT2D eigenvalue weighted by Gasteiger charge is -2.09. The summed E-state index contributed by atoms with van der Waals surface area (Å²) in [5.41, 5.74) is 7.68. The summed E-state index contributed by atoms with van der Waals surface area (Å²) in [5.74, 6) is 0. The van der Waals surface area contributed by atoms with Gasteiger partial charge in [0.15, 0.2) is 0 Å². The van der Waals surface area contributed by atoms with Gasteiger partial charge in [-0.15, -0.1) is 0 Å². The average molecular weight is 372 g/mol. The van der Waals surface area contributed by atoms with Crippen molar-refractivity contribution in [3.05, 3.63) is 54.1 Å².